The lowest BCUT2D eigenvalue weighted by Crippen LogP contribution is -2.37. The van der Waals surface area contributed by atoms with E-state index in [2.05, 4.69) is 27.0 Å². The quantitative estimate of drug-likeness (QED) is 0.716. The highest BCUT2D eigenvalue weighted by Gasteiger charge is 2.30. The van der Waals surface area contributed by atoms with Gasteiger partial charge in [0.15, 0.2) is 5.16 Å². The summed E-state index contributed by atoms with van der Waals surface area (Å²) in [6.45, 7) is 6.45. The summed E-state index contributed by atoms with van der Waals surface area (Å²) in [5.74, 6) is 0.868. The lowest BCUT2D eigenvalue weighted by Gasteiger charge is -2.17. The van der Waals surface area contributed by atoms with Crippen molar-refractivity contribution in [1.29, 1.82) is 0 Å². The maximum absolute atomic E-state index is 12.2. The number of thioether (sulfide) groups is 1. The highest BCUT2D eigenvalue weighted by Crippen LogP contribution is 2.39. The smallest absolute Gasteiger partial charge is 0.233 e. The third-order valence-corrected chi connectivity index (χ3v) is 4.65. The molecule has 1 aromatic heterocycles. The lowest BCUT2D eigenvalue weighted by molar-refractivity contribution is -0.120. The number of nitrogens with zero attached hydrogens (tertiary/aromatic N) is 3. The molecular formula is C14H25N5OS. The Morgan fingerprint density at radius 3 is 2.76 bits per heavy atom. The van der Waals surface area contributed by atoms with Gasteiger partial charge < -0.3 is 15.6 Å². The molecule has 21 heavy (non-hydrogen) atoms. The number of aromatic nitrogens is 3. The largest absolute Gasteiger partial charge is 0.353 e. The van der Waals surface area contributed by atoms with Gasteiger partial charge in [-0.25, -0.2) is 0 Å². The Balaban J connectivity index is 1.97. The van der Waals surface area contributed by atoms with Gasteiger partial charge in [-0.1, -0.05) is 25.1 Å². The minimum absolute atomic E-state index is 0.0561. The SMILES string of the molecule is CCCC(C)NC(=O)C(C)Sc1nnc(CN)n1C1CC1. The van der Waals surface area contributed by atoms with Crippen molar-refractivity contribution in [2.75, 3.05) is 0 Å². The van der Waals surface area contributed by atoms with E-state index in [0.717, 1.165) is 36.7 Å². The molecule has 1 aliphatic rings. The molecule has 0 saturated heterocycles. The molecule has 118 valence electrons. The molecule has 1 fully saturated rings. The molecule has 2 atom stereocenters. The zero-order valence-electron chi connectivity index (χ0n) is 13.0. The van der Waals surface area contributed by atoms with Crippen LogP contribution in [-0.2, 0) is 11.3 Å². The van der Waals surface area contributed by atoms with E-state index in [0.29, 0.717) is 12.6 Å². The fourth-order valence-electron chi connectivity index (χ4n) is 2.30. The Hall–Kier alpha value is -1.08. The van der Waals surface area contributed by atoms with Crippen LogP contribution in [-0.4, -0.2) is 32.0 Å². The number of hydrogen-bond donors (Lipinski definition) is 2. The number of hydrogen-bond acceptors (Lipinski definition) is 5. The van der Waals surface area contributed by atoms with Crippen molar-refractivity contribution in [1.82, 2.24) is 20.1 Å². The van der Waals surface area contributed by atoms with Crippen LogP contribution in [0, 0.1) is 0 Å². The molecule has 2 rings (SSSR count). The topological polar surface area (TPSA) is 85.8 Å². The first-order valence-corrected chi connectivity index (χ1v) is 8.55. The van der Waals surface area contributed by atoms with Gasteiger partial charge in [0.1, 0.15) is 5.82 Å². The summed E-state index contributed by atoms with van der Waals surface area (Å²) in [5, 5.41) is 12.0. The molecular weight excluding hydrogens is 286 g/mol. The third kappa shape index (κ3) is 4.20. The molecule has 2 unspecified atom stereocenters. The average molecular weight is 311 g/mol. The molecule has 0 radical (unpaired) electrons. The first-order chi connectivity index (χ1) is 10.1. The van der Waals surface area contributed by atoms with E-state index in [1.165, 1.54) is 11.8 Å². The van der Waals surface area contributed by atoms with Gasteiger partial charge in [-0.3, -0.25) is 4.79 Å². The van der Waals surface area contributed by atoms with E-state index in [4.69, 9.17) is 5.73 Å². The Morgan fingerprint density at radius 1 is 1.48 bits per heavy atom. The maximum Gasteiger partial charge on any atom is 0.233 e. The van der Waals surface area contributed by atoms with E-state index < -0.39 is 0 Å². The van der Waals surface area contributed by atoms with Gasteiger partial charge in [-0.15, -0.1) is 10.2 Å². The lowest BCUT2D eigenvalue weighted by atomic mass is 10.2. The molecule has 1 heterocycles. The highest BCUT2D eigenvalue weighted by molar-refractivity contribution is 8.00. The number of nitrogens with two attached hydrogens (primary N) is 1. The Kier molecular flexibility index (Phi) is 5.64. The number of carbonyl (C=O) groups excluding carboxylic acids is 1. The molecule has 1 saturated carbocycles. The van der Waals surface area contributed by atoms with Gasteiger partial charge in [0, 0.05) is 12.1 Å². The number of rotatable bonds is 8. The Labute approximate surface area is 130 Å². The molecule has 0 aromatic carbocycles. The predicted octanol–water partition coefficient (Wildman–Crippen LogP) is 1.86. The molecule has 0 aliphatic heterocycles. The number of amides is 1. The summed E-state index contributed by atoms with van der Waals surface area (Å²) in [4.78, 5) is 12.2. The van der Waals surface area contributed by atoms with E-state index in [-0.39, 0.29) is 17.2 Å². The van der Waals surface area contributed by atoms with Crippen molar-refractivity contribution in [3.8, 4) is 0 Å². The summed E-state index contributed by atoms with van der Waals surface area (Å²) in [7, 11) is 0. The van der Waals surface area contributed by atoms with Gasteiger partial charge in [-0.2, -0.15) is 0 Å². The summed E-state index contributed by atoms with van der Waals surface area (Å²) < 4.78 is 2.10. The first-order valence-electron chi connectivity index (χ1n) is 7.67. The van der Waals surface area contributed by atoms with Crippen LogP contribution in [0.1, 0.15) is 58.3 Å². The minimum atomic E-state index is -0.184. The van der Waals surface area contributed by atoms with Crippen LogP contribution in [0.15, 0.2) is 5.16 Å². The van der Waals surface area contributed by atoms with E-state index in [1.807, 2.05) is 13.8 Å². The standard InChI is InChI=1S/C14H25N5OS/c1-4-5-9(2)16-13(20)10(3)21-14-18-17-12(8-15)19(14)11-6-7-11/h9-11H,4-8,15H2,1-3H3,(H,16,20). The van der Waals surface area contributed by atoms with Crippen LogP contribution in [0.2, 0.25) is 0 Å². The van der Waals surface area contributed by atoms with Gasteiger partial charge in [0.25, 0.3) is 0 Å². The van der Waals surface area contributed by atoms with Crippen LogP contribution in [0.5, 0.6) is 0 Å². The molecule has 6 nitrogen and oxygen atoms in total. The zero-order chi connectivity index (χ0) is 15.4. The van der Waals surface area contributed by atoms with Crippen molar-refractivity contribution >= 4 is 17.7 Å². The highest BCUT2D eigenvalue weighted by atomic mass is 32.2. The Morgan fingerprint density at radius 2 is 2.19 bits per heavy atom. The second kappa shape index (κ2) is 7.26. The summed E-state index contributed by atoms with van der Waals surface area (Å²) >= 11 is 1.46. The number of nitrogens with one attached hydrogen (secondary N) is 1. The van der Waals surface area contributed by atoms with Gasteiger partial charge in [-0.05, 0) is 33.1 Å². The number of carbonyl (C=O) groups is 1. The summed E-state index contributed by atoms with van der Waals surface area (Å²) in [5.41, 5.74) is 5.71. The van der Waals surface area contributed by atoms with Crippen molar-refractivity contribution in [3.63, 3.8) is 0 Å². The minimum Gasteiger partial charge on any atom is -0.353 e. The summed E-state index contributed by atoms with van der Waals surface area (Å²) in [6.07, 6.45) is 4.36. The van der Waals surface area contributed by atoms with Crippen LogP contribution >= 0.6 is 11.8 Å². The second-order valence-corrected chi connectivity index (χ2v) is 6.97. The van der Waals surface area contributed by atoms with E-state index >= 15 is 0 Å². The fraction of sp³-hybridized carbons (Fsp3) is 0.786. The van der Waals surface area contributed by atoms with Crippen LogP contribution < -0.4 is 11.1 Å². The normalized spacial score (nSPS) is 17.5. The van der Waals surface area contributed by atoms with Gasteiger partial charge in [0.05, 0.1) is 11.8 Å². The molecule has 1 aromatic rings. The molecule has 0 spiro atoms. The molecule has 1 amide bonds. The Bertz CT molecular complexity index is 486. The molecule has 0 bridgehead atoms. The summed E-state index contributed by atoms with van der Waals surface area (Å²) in [6, 6.07) is 0.682. The van der Waals surface area contributed by atoms with Crippen molar-refractivity contribution in [3.05, 3.63) is 5.82 Å². The van der Waals surface area contributed by atoms with E-state index in [9.17, 15) is 4.79 Å². The van der Waals surface area contributed by atoms with Crippen molar-refractivity contribution in [2.45, 2.75) is 75.5 Å². The fourth-order valence-corrected chi connectivity index (χ4v) is 3.25. The average Bonchev–Trinajstić information content (AvgIpc) is 3.20. The van der Waals surface area contributed by atoms with Crippen LogP contribution in [0.25, 0.3) is 0 Å². The van der Waals surface area contributed by atoms with Crippen LogP contribution in [0.4, 0.5) is 0 Å². The monoisotopic (exact) mass is 311 g/mol. The van der Waals surface area contributed by atoms with Gasteiger partial charge >= 0.3 is 0 Å². The second-order valence-electron chi connectivity index (χ2n) is 5.66. The molecule has 3 N–H and O–H groups in total. The van der Waals surface area contributed by atoms with E-state index in [1.54, 1.807) is 0 Å². The van der Waals surface area contributed by atoms with Crippen molar-refractivity contribution in [2.24, 2.45) is 5.73 Å². The first kappa shape index (κ1) is 16.3. The molecule has 1 aliphatic carbocycles. The zero-order valence-corrected chi connectivity index (χ0v) is 13.8. The maximum atomic E-state index is 12.2. The predicted molar refractivity (Wildman–Crippen MR) is 84.0 cm³/mol. The third-order valence-electron chi connectivity index (χ3n) is 3.59. The van der Waals surface area contributed by atoms with Gasteiger partial charge in [0.2, 0.25) is 5.91 Å². The van der Waals surface area contributed by atoms with Crippen LogP contribution in [0.3, 0.4) is 0 Å². The van der Waals surface area contributed by atoms with Crippen molar-refractivity contribution < 1.29 is 4.79 Å². The molecule has 7 heteroatoms.